The molecular formula is C31H42F5N7O6S. The third-order valence-corrected chi connectivity index (χ3v) is 10.4. The predicted octanol–water partition coefficient (Wildman–Crippen LogP) is 2.98. The summed E-state index contributed by atoms with van der Waals surface area (Å²) in [6.07, 6.45) is -0.777. The minimum absolute atomic E-state index is 0.0223. The molecule has 3 saturated heterocycles. The van der Waals surface area contributed by atoms with E-state index < -0.39 is 65.7 Å². The summed E-state index contributed by atoms with van der Waals surface area (Å²) in [6.45, 7) is 4.10. The van der Waals surface area contributed by atoms with E-state index in [9.17, 15) is 40.3 Å². The minimum Gasteiger partial charge on any atom is -0.451 e. The van der Waals surface area contributed by atoms with Crippen molar-refractivity contribution in [2.75, 3.05) is 57.3 Å². The van der Waals surface area contributed by atoms with Crippen molar-refractivity contribution in [2.45, 2.75) is 70.3 Å². The number of benzene rings is 1. The third-order valence-electron chi connectivity index (χ3n) is 9.20. The number of nitrogens with one attached hydrogen (secondary N) is 2. The summed E-state index contributed by atoms with van der Waals surface area (Å²) in [6, 6.07) is 2.10. The highest BCUT2D eigenvalue weighted by Gasteiger charge is 2.47. The van der Waals surface area contributed by atoms with Gasteiger partial charge in [-0.15, -0.1) is 0 Å². The molecule has 278 valence electrons. The number of aromatic nitrogens is 2. The Morgan fingerprint density at radius 1 is 1.14 bits per heavy atom. The highest BCUT2D eigenvalue weighted by molar-refractivity contribution is 7.87. The lowest BCUT2D eigenvalue weighted by molar-refractivity contribution is -0.239. The molecule has 0 bridgehead atoms. The first-order valence-corrected chi connectivity index (χ1v) is 17.8. The zero-order valence-electron chi connectivity index (χ0n) is 27.7. The molecule has 13 nitrogen and oxygen atoms in total. The van der Waals surface area contributed by atoms with Crippen LogP contribution in [-0.2, 0) is 14.9 Å². The molecule has 5 rings (SSSR count). The van der Waals surface area contributed by atoms with Crippen molar-refractivity contribution >= 4 is 21.9 Å². The number of aliphatic hydroxyl groups is 1. The van der Waals surface area contributed by atoms with E-state index in [1.54, 1.807) is 18.6 Å². The number of hydrogen-bond donors (Lipinski definition) is 3. The van der Waals surface area contributed by atoms with E-state index in [1.807, 2.05) is 4.90 Å². The number of β-amino-alcohol motifs (C(OH)–C–C–N with tert-alkyl or cyclic N) is 1. The van der Waals surface area contributed by atoms with E-state index in [-0.39, 0.29) is 48.5 Å². The molecule has 4 heterocycles. The number of hydrogen-bond acceptors (Lipinski definition) is 10. The SMILES string of the molecule is CC(C)N(CC(F)F)C(=O)c1cc(F)ccc1Oc1cncnc1N1CC2(CCN(C[C@@]3(O)CC[C@@H](NS(=O)(=O)NCC(F)F)CO3)CC2)C1. The second-order valence-electron chi connectivity index (χ2n) is 13.4. The summed E-state index contributed by atoms with van der Waals surface area (Å²) in [5.74, 6) is -2.34. The van der Waals surface area contributed by atoms with E-state index in [2.05, 4.69) is 19.6 Å². The van der Waals surface area contributed by atoms with Gasteiger partial charge in [0.1, 0.15) is 17.9 Å². The number of ether oxygens (including phenoxy) is 2. The van der Waals surface area contributed by atoms with Gasteiger partial charge in [0.25, 0.3) is 29.0 Å². The summed E-state index contributed by atoms with van der Waals surface area (Å²) in [7, 11) is -4.13. The average molecular weight is 736 g/mol. The number of halogens is 5. The Morgan fingerprint density at radius 3 is 2.48 bits per heavy atom. The Morgan fingerprint density at radius 2 is 1.86 bits per heavy atom. The first-order valence-electron chi connectivity index (χ1n) is 16.3. The summed E-state index contributed by atoms with van der Waals surface area (Å²) in [5.41, 5.74) is -0.239. The van der Waals surface area contributed by atoms with Gasteiger partial charge in [0, 0.05) is 37.0 Å². The lowest BCUT2D eigenvalue weighted by Crippen LogP contribution is -2.62. The number of nitrogens with zero attached hydrogens (tertiary/aromatic N) is 5. The fourth-order valence-corrected chi connectivity index (χ4v) is 7.61. The van der Waals surface area contributed by atoms with Crippen LogP contribution in [0.3, 0.4) is 0 Å². The Labute approximate surface area is 287 Å². The number of likely N-dealkylation sites (tertiary alicyclic amines) is 1. The van der Waals surface area contributed by atoms with Gasteiger partial charge in [-0.25, -0.2) is 31.9 Å². The molecular weight excluding hydrogens is 693 g/mol. The molecule has 1 aromatic heterocycles. The third kappa shape index (κ3) is 9.55. The molecule has 0 aliphatic carbocycles. The van der Waals surface area contributed by atoms with Crippen LogP contribution in [0.4, 0.5) is 27.8 Å². The lowest BCUT2D eigenvalue weighted by atomic mass is 9.72. The minimum atomic E-state index is -4.13. The zero-order chi connectivity index (χ0) is 36.3. The fraction of sp³-hybridized carbons (Fsp3) is 0.645. The van der Waals surface area contributed by atoms with Gasteiger partial charge in [-0.1, -0.05) is 0 Å². The number of amides is 1. The van der Waals surface area contributed by atoms with E-state index in [4.69, 9.17) is 9.47 Å². The first-order chi connectivity index (χ1) is 23.6. The van der Waals surface area contributed by atoms with Crippen molar-refractivity contribution in [3.63, 3.8) is 0 Å². The molecule has 3 aliphatic heterocycles. The smallest absolute Gasteiger partial charge is 0.277 e. The van der Waals surface area contributed by atoms with Crippen molar-refractivity contribution in [2.24, 2.45) is 5.41 Å². The van der Waals surface area contributed by atoms with Gasteiger partial charge in [0.2, 0.25) is 0 Å². The van der Waals surface area contributed by atoms with Gasteiger partial charge in [0.05, 0.1) is 38.0 Å². The summed E-state index contributed by atoms with van der Waals surface area (Å²) in [5, 5.41) is 11.1. The van der Waals surface area contributed by atoms with Crippen molar-refractivity contribution in [1.29, 1.82) is 0 Å². The van der Waals surface area contributed by atoms with Gasteiger partial charge in [-0.05, 0) is 64.4 Å². The normalized spacial score (nSPS) is 22.7. The predicted molar refractivity (Wildman–Crippen MR) is 171 cm³/mol. The quantitative estimate of drug-likeness (QED) is 0.248. The first kappa shape index (κ1) is 38.0. The largest absolute Gasteiger partial charge is 0.451 e. The van der Waals surface area contributed by atoms with Crippen molar-refractivity contribution in [3.05, 3.63) is 42.1 Å². The molecule has 2 atom stereocenters. The van der Waals surface area contributed by atoms with Gasteiger partial charge < -0.3 is 24.4 Å². The molecule has 19 heteroatoms. The monoisotopic (exact) mass is 735 g/mol. The second kappa shape index (κ2) is 15.6. The molecule has 3 fully saturated rings. The fourth-order valence-electron chi connectivity index (χ4n) is 6.56. The van der Waals surface area contributed by atoms with E-state index in [1.165, 1.54) is 18.6 Å². The number of anilines is 1. The van der Waals surface area contributed by atoms with Crippen molar-refractivity contribution in [1.82, 2.24) is 29.2 Å². The Kier molecular flexibility index (Phi) is 11.8. The number of carbonyl (C=O) groups is 1. The molecule has 1 aromatic carbocycles. The standard InChI is InChI=1S/C31H42F5N7O6S/c1-20(2)43(14-27(35)36)29(44)23-11-21(32)3-4-24(23)49-25-12-37-19-38-28(25)42-16-30(17-42)7-9-41(10-8-30)18-31(45)6-5-22(15-48-31)40-50(46,47)39-13-26(33)34/h3-4,11-12,19-20,22,26-27,39-40,45H,5-10,13-18H2,1-2H3/t22-,31-/m1/s1. The summed E-state index contributed by atoms with van der Waals surface area (Å²) in [4.78, 5) is 26.8. The number of rotatable bonds is 14. The topological polar surface area (TPSA) is 149 Å². The summed E-state index contributed by atoms with van der Waals surface area (Å²) < 4.78 is 105. The van der Waals surface area contributed by atoms with Crippen LogP contribution in [-0.4, -0.2) is 122 Å². The molecule has 1 spiro atoms. The average Bonchev–Trinajstić information content (AvgIpc) is 3.04. The molecule has 2 aromatic rings. The Balaban J connectivity index is 1.15. The van der Waals surface area contributed by atoms with Crippen LogP contribution in [0.25, 0.3) is 0 Å². The van der Waals surface area contributed by atoms with Crippen LogP contribution < -0.4 is 19.1 Å². The van der Waals surface area contributed by atoms with Crippen LogP contribution in [0.5, 0.6) is 11.5 Å². The van der Waals surface area contributed by atoms with Crippen LogP contribution >= 0.6 is 0 Å². The molecule has 3 N–H and O–H groups in total. The molecule has 0 radical (unpaired) electrons. The van der Waals surface area contributed by atoms with Crippen LogP contribution in [0, 0.1) is 11.2 Å². The van der Waals surface area contributed by atoms with Crippen LogP contribution in [0.15, 0.2) is 30.7 Å². The van der Waals surface area contributed by atoms with E-state index >= 15 is 0 Å². The van der Waals surface area contributed by atoms with Crippen molar-refractivity contribution < 1.29 is 49.7 Å². The second-order valence-corrected chi connectivity index (χ2v) is 14.9. The van der Waals surface area contributed by atoms with Gasteiger partial charge >= 0.3 is 0 Å². The van der Waals surface area contributed by atoms with Gasteiger partial charge in [-0.2, -0.15) is 17.9 Å². The zero-order valence-corrected chi connectivity index (χ0v) is 28.5. The molecule has 1 amide bonds. The lowest BCUT2D eigenvalue weighted by Gasteiger charge is -2.55. The molecule has 0 unspecified atom stereocenters. The van der Waals surface area contributed by atoms with Crippen LogP contribution in [0.2, 0.25) is 0 Å². The highest BCUT2D eigenvalue weighted by atomic mass is 32.2. The maximum absolute atomic E-state index is 14.3. The summed E-state index contributed by atoms with van der Waals surface area (Å²) >= 11 is 0. The number of carbonyl (C=O) groups excluding carboxylic acids is 1. The number of alkyl halides is 4. The van der Waals surface area contributed by atoms with Gasteiger partial charge in [-0.3, -0.25) is 9.69 Å². The Hall–Kier alpha value is -3.23. The molecule has 50 heavy (non-hydrogen) atoms. The Bertz CT molecular complexity index is 1580. The van der Waals surface area contributed by atoms with Gasteiger partial charge in [0.15, 0.2) is 17.4 Å². The molecule has 0 saturated carbocycles. The number of piperidine rings is 1. The maximum atomic E-state index is 14.3. The molecule has 3 aliphatic rings. The highest BCUT2D eigenvalue weighted by Crippen LogP contribution is 2.45. The van der Waals surface area contributed by atoms with E-state index in [0.29, 0.717) is 32.0 Å². The van der Waals surface area contributed by atoms with Crippen molar-refractivity contribution in [3.8, 4) is 11.5 Å². The van der Waals surface area contributed by atoms with Crippen LogP contribution in [0.1, 0.15) is 49.9 Å². The maximum Gasteiger partial charge on any atom is 0.277 e. The van der Waals surface area contributed by atoms with E-state index in [0.717, 1.165) is 29.9 Å².